The number of hydrogen-bond acceptors (Lipinski definition) is 3. The van der Waals surface area contributed by atoms with Crippen LogP contribution in [0.3, 0.4) is 0 Å². The molecule has 19 heavy (non-hydrogen) atoms. The second-order valence-corrected chi connectivity index (χ2v) is 4.40. The molecule has 0 bridgehead atoms. The number of likely N-dealkylation sites (N-methyl/N-ethyl adjacent to an activating group) is 1. The molecule has 0 aliphatic heterocycles. The van der Waals surface area contributed by atoms with Gasteiger partial charge in [0.15, 0.2) is 0 Å². The Hall–Kier alpha value is -1.88. The summed E-state index contributed by atoms with van der Waals surface area (Å²) in [6.07, 6.45) is 0. The maximum atomic E-state index is 11.9. The normalized spacial score (nSPS) is 13.4. The molecule has 1 aromatic carbocycles. The van der Waals surface area contributed by atoms with E-state index < -0.39 is 5.92 Å². The minimum absolute atomic E-state index is 0.0154. The first-order valence-electron chi connectivity index (χ1n) is 6.41. The zero-order valence-electron chi connectivity index (χ0n) is 11.3. The van der Waals surface area contributed by atoms with E-state index in [1.54, 1.807) is 6.92 Å². The van der Waals surface area contributed by atoms with Gasteiger partial charge in [0.25, 0.3) is 0 Å². The summed E-state index contributed by atoms with van der Waals surface area (Å²) >= 11 is 0. The highest BCUT2D eigenvalue weighted by molar-refractivity contribution is 5.86. The van der Waals surface area contributed by atoms with Gasteiger partial charge in [0, 0.05) is 12.6 Å². The molecule has 5 heteroatoms. The highest BCUT2D eigenvalue weighted by atomic mass is 16.2. The Morgan fingerprint density at radius 2 is 1.84 bits per heavy atom. The van der Waals surface area contributed by atoms with Crippen LogP contribution in [0.1, 0.15) is 25.5 Å². The van der Waals surface area contributed by atoms with Crippen LogP contribution in [-0.4, -0.2) is 24.9 Å². The van der Waals surface area contributed by atoms with Gasteiger partial charge in [-0.15, -0.1) is 0 Å². The van der Waals surface area contributed by atoms with Crippen LogP contribution in [0.25, 0.3) is 0 Å². The fourth-order valence-corrected chi connectivity index (χ4v) is 1.72. The lowest BCUT2D eigenvalue weighted by molar-refractivity contribution is -0.128. The third-order valence-electron chi connectivity index (χ3n) is 2.93. The predicted octanol–water partition coefficient (Wildman–Crippen LogP) is 0.575. The Kier molecular flexibility index (Phi) is 6.02. The first-order chi connectivity index (χ1) is 9.06. The van der Waals surface area contributed by atoms with E-state index in [0.29, 0.717) is 6.54 Å². The summed E-state index contributed by atoms with van der Waals surface area (Å²) in [5.41, 5.74) is 6.95. The van der Waals surface area contributed by atoms with Crippen LogP contribution in [0.2, 0.25) is 0 Å². The van der Waals surface area contributed by atoms with E-state index in [4.69, 9.17) is 5.73 Å². The average molecular weight is 263 g/mol. The smallest absolute Gasteiger partial charge is 0.239 e. The molecule has 0 saturated carbocycles. The number of carbonyl (C=O) groups excluding carboxylic acids is 2. The standard InChI is InChI=1S/C14H21N3O2/c1-3-16-12(18)9-17-14(19)10(2)13(15)11-7-5-4-6-8-11/h4-8,10,13H,3,9,15H2,1-2H3,(H,16,18)(H,17,19). The van der Waals surface area contributed by atoms with Crippen molar-refractivity contribution in [3.05, 3.63) is 35.9 Å². The molecule has 1 aromatic rings. The zero-order valence-corrected chi connectivity index (χ0v) is 11.3. The Bertz CT molecular complexity index is 420. The molecule has 2 atom stereocenters. The molecule has 2 unspecified atom stereocenters. The number of nitrogens with two attached hydrogens (primary N) is 1. The minimum atomic E-state index is -0.392. The van der Waals surface area contributed by atoms with E-state index in [2.05, 4.69) is 10.6 Å². The van der Waals surface area contributed by atoms with E-state index in [0.717, 1.165) is 5.56 Å². The highest BCUT2D eigenvalue weighted by Crippen LogP contribution is 2.18. The van der Waals surface area contributed by atoms with Crippen molar-refractivity contribution >= 4 is 11.8 Å². The summed E-state index contributed by atoms with van der Waals surface area (Å²) in [5, 5.41) is 5.20. The Labute approximate surface area is 113 Å². The molecule has 0 aliphatic rings. The van der Waals surface area contributed by atoms with Crippen molar-refractivity contribution in [1.29, 1.82) is 0 Å². The van der Waals surface area contributed by atoms with Crippen molar-refractivity contribution in [2.45, 2.75) is 19.9 Å². The fraction of sp³-hybridized carbons (Fsp3) is 0.429. The minimum Gasteiger partial charge on any atom is -0.355 e. The summed E-state index contributed by atoms with van der Waals surface area (Å²) in [4.78, 5) is 23.1. The molecule has 0 radical (unpaired) electrons. The monoisotopic (exact) mass is 263 g/mol. The van der Waals surface area contributed by atoms with Crippen LogP contribution < -0.4 is 16.4 Å². The van der Waals surface area contributed by atoms with E-state index in [1.165, 1.54) is 0 Å². The third kappa shape index (κ3) is 4.71. The molecule has 1 rings (SSSR count). The summed E-state index contributed by atoms with van der Waals surface area (Å²) in [6, 6.07) is 9.06. The fourth-order valence-electron chi connectivity index (χ4n) is 1.72. The second kappa shape index (κ2) is 7.53. The van der Waals surface area contributed by atoms with Gasteiger partial charge in [-0.2, -0.15) is 0 Å². The third-order valence-corrected chi connectivity index (χ3v) is 2.93. The molecule has 0 aromatic heterocycles. The molecule has 104 valence electrons. The van der Waals surface area contributed by atoms with Crippen molar-refractivity contribution in [2.24, 2.45) is 11.7 Å². The van der Waals surface area contributed by atoms with Gasteiger partial charge in [0.05, 0.1) is 12.5 Å². The lowest BCUT2D eigenvalue weighted by Gasteiger charge is -2.19. The Morgan fingerprint density at radius 3 is 2.42 bits per heavy atom. The van der Waals surface area contributed by atoms with Crippen molar-refractivity contribution in [2.75, 3.05) is 13.1 Å². The highest BCUT2D eigenvalue weighted by Gasteiger charge is 2.22. The van der Waals surface area contributed by atoms with Crippen molar-refractivity contribution in [1.82, 2.24) is 10.6 Å². The van der Waals surface area contributed by atoms with E-state index in [1.807, 2.05) is 37.3 Å². The summed E-state index contributed by atoms with van der Waals surface area (Å²) in [6.45, 7) is 4.12. The summed E-state index contributed by atoms with van der Waals surface area (Å²) < 4.78 is 0. The molecule has 0 heterocycles. The maximum Gasteiger partial charge on any atom is 0.239 e. The number of carbonyl (C=O) groups is 2. The van der Waals surface area contributed by atoms with Gasteiger partial charge in [0.2, 0.25) is 11.8 Å². The number of benzene rings is 1. The molecule has 5 nitrogen and oxygen atoms in total. The number of amides is 2. The van der Waals surface area contributed by atoms with Crippen LogP contribution in [0, 0.1) is 5.92 Å². The van der Waals surface area contributed by atoms with Crippen LogP contribution >= 0.6 is 0 Å². The van der Waals surface area contributed by atoms with Crippen molar-refractivity contribution in [3.8, 4) is 0 Å². The van der Waals surface area contributed by atoms with Gasteiger partial charge in [-0.25, -0.2) is 0 Å². The predicted molar refractivity (Wildman–Crippen MR) is 74.2 cm³/mol. The van der Waals surface area contributed by atoms with Crippen LogP contribution in [0.4, 0.5) is 0 Å². The molecular weight excluding hydrogens is 242 g/mol. The first-order valence-corrected chi connectivity index (χ1v) is 6.41. The number of rotatable bonds is 6. The van der Waals surface area contributed by atoms with Crippen molar-refractivity contribution < 1.29 is 9.59 Å². The maximum absolute atomic E-state index is 11.9. The Morgan fingerprint density at radius 1 is 1.21 bits per heavy atom. The van der Waals surface area contributed by atoms with Gasteiger partial charge in [-0.1, -0.05) is 37.3 Å². The van der Waals surface area contributed by atoms with E-state index in [-0.39, 0.29) is 24.4 Å². The molecule has 0 aliphatic carbocycles. The molecule has 2 amide bonds. The van der Waals surface area contributed by atoms with Gasteiger partial charge in [-0.05, 0) is 12.5 Å². The topological polar surface area (TPSA) is 84.2 Å². The second-order valence-electron chi connectivity index (χ2n) is 4.40. The van der Waals surface area contributed by atoms with Crippen LogP contribution in [-0.2, 0) is 9.59 Å². The van der Waals surface area contributed by atoms with Gasteiger partial charge in [0.1, 0.15) is 0 Å². The quantitative estimate of drug-likeness (QED) is 0.701. The van der Waals surface area contributed by atoms with Gasteiger partial charge < -0.3 is 16.4 Å². The Balaban J connectivity index is 2.50. The molecule has 4 N–H and O–H groups in total. The summed E-state index contributed by atoms with van der Waals surface area (Å²) in [5.74, 6) is -0.809. The number of hydrogen-bond donors (Lipinski definition) is 3. The van der Waals surface area contributed by atoms with E-state index >= 15 is 0 Å². The zero-order chi connectivity index (χ0) is 14.3. The lowest BCUT2D eigenvalue weighted by Crippen LogP contribution is -2.41. The molecular formula is C14H21N3O2. The molecule has 0 spiro atoms. The van der Waals surface area contributed by atoms with Crippen LogP contribution in [0.5, 0.6) is 0 Å². The van der Waals surface area contributed by atoms with Gasteiger partial charge in [-0.3, -0.25) is 9.59 Å². The van der Waals surface area contributed by atoms with E-state index in [9.17, 15) is 9.59 Å². The molecule has 0 fully saturated rings. The summed E-state index contributed by atoms with van der Waals surface area (Å²) in [7, 11) is 0. The lowest BCUT2D eigenvalue weighted by atomic mass is 9.95. The average Bonchev–Trinajstić information content (AvgIpc) is 2.44. The van der Waals surface area contributed by atoms with Crippen LogP contribution in [0.15, 0.2) is 30.3 Å². The largest absolute Gasteiger partial charge is 0.355 e. The number of nitrogens with one attached hydrogen (secondary N) is 2. The SMILES string of the molecule is CCNC(=O)CNC(=O)C(C)C(N)c1ccccc1. The first kappa shape index (κ1) is 15.2. The van der Waals surface area contributed by atoms with Crippen molar-refractivity contribution in [3.63, 3.8) is 0 Å². The molecule has 0 saturated heterocycles. The van der Waals surface area contributed by atoms with Gasteiger partial charge >= 0.3 is 0 Å².